The van der Waals surface area contributed by atoms with Gasteiger partial charge in [-0.05, 0) is 89.8 Å². The molecule has 3 heteroatoms. The molecular weight excluding hydrogens is 617 g/mol. The molecule has 0 spiro atoms. The van der Waals surface area contributed by atoms with Crippen molar-refractivity contribution in [1.82, 2.24) is 0 Å². The highest BCUT2D eigenvalue weighted by atomic mass is 79.9. The molecule has 0 amide bonds. The Morgan fingerprint density at radius 2 is 0.837 bits per heavy atom. The van der Waals surface area contributed by atoms with Gasteiger partial charge in [0.25, 0.3) is 0 Å². The summed E-state index contributed by atoms with van der Waals surface area (Å²) in [5, 5.41) is 7.39. The molecule has 4 aromatic carbocycles. The highest BCUT2D eigenvalue weighted by Crippen LogP contribution is 2.43. The molecule has 0 aliphatic carbocycles. The van der Waals surface area contributed by atoms with Crippen LogP contribution in [0.4, 0.5) is 0 Å². The van der Waals surface area contributed by atoms with E-state index in [-0.39, 0.29) is 0 Å². The maximum absolute atomic E-state index is 4.06. The van der Waals surface area contributed by atoms with Crippen LogP contribution in [-0.4, -0.2) is 16.1 Å². The van der Waals surface area contributed by atoms with Crippen LogP contribution >= 0.6 is 15.9 Å². The fourth-order valence-corrected chi connectivity index (χ4v) is 19.2. The largest absolute Gasteiger partial charge is 0.146 e. The Kier molecular flexibility index (Phi) is 10.1. The minimum atomic E-state index is -1.93. The molecule has 0 N–H and O–H groups in total. The van der Waals surface area contributed by atoms with Crippen LogP contribution in [0, 0.1) is 22.9 Å². The van der Waals surface area contributed by atoms with Gasteiger partial charge < -0.3 is 0 Å². The van der Waals surface area contributed by atoms with Crippen LogP contribution in [0.2, 0.25) is 33.2 Å². The van der Waals surface area contributed by atoms with Crippen LogP contribution in [0.15, 0.2) is 59.1 Å². The predicted molar refractivity (Wildman–Crippen MR) is 203 cm³/mol. The van der Waals surface area contributed by atoms with Crippen LogP contribution < -0.4 is 0 Å². The predicted octanol–water partition coefficient (Wildman–Crippen LogP) is 13.0. The lowest BCUT2D eigenvalue weighted by Gasteiger charge is -2.38. The summed E-state index contributed by atoms with van der Waals surface area (Å²) >= 11 is 3.72. The third-order valence-electron chi connectivity index (χ3n) is 10.5. The molecule has 0 aromatic heterocycles. The van der Waals surface area contributed by atoms with Gasteiger partial charge in [-0.15, -0.1) is 11.1 Å². The molecule has 4 rings (SSSR count). The first-order valence-electron chi connectivity index (χ1n) is 16.3. The Hall–Kier alpha value is -2.31. The van der Waals surface area contributed by atoms with E-state index in [2.05, 4.69) is 177 Å². The third-order valence-corrected chi connectivity index (χ3v) is 23.6. The molecule has 226 valence electrons. The second-order valence-electron chi connectivity index (χ2n) is 14.5. The van der Waals surface area contributed by atoms with Crippen molar-refractivity contribution in [2.24, 2.45) is 0 Å². The molecule has 0 atom stereocenters. The fraction of sp³-hybridized carbons (Fsp3) is 0.450. The lowest BCUT2D eigenvalue weighted by atomic mass is 9.90. The van der Waals surface area contributed by atoms with Gasteiger partial charge in [0, 0.05) is 15.6 Å². The van der Waals surface area contributed by atoms with E-state index in [9.17, 15) is 0 Å². The van der Waals surface area contributed by atoms with Gasteiger partial charge in [-0.25, -0.2) is 0 Å². The van der Waals surface area contributed by atoms with Crippen molar-refractivity contribution in [3.63, 3.8) is 0 Å². The SMILES string of the molecule is CC(C)[Si](C#Cc1c2ccccc2c(C#C[Si](C(C)C)(C(C)C)C(C)C)c2cc3cc(Br)ccc3cc12)(C(C)C)C(C)C. The van der Waals surface area contributed by atoms with E-state index in [0.717, 1.165) is 10.0 Å². The number of hydrogen-bond acceptors (Lipinski definition) is 0. The molecule has 0 aliphatic heterocycles. The van der Waals surface area contributed by atoms with Crippen molar-refractivity contribution in [3.8, 4) is 22.9 Å². The van der Waals surface area contributed by atoms with Crippen LogP contribution in [0.5, 0.6) is 0 Å². The first kappa shape index (κ1) is 33.6. The van der Waals surface area contributed by atoms with E-state index in [1.807, 2.05) is 0 Å². The summed E-state index contributed by atoms with van der Waals surface area (Å²) in [5.41, 5.74) is 14.0. The highest BCUT2D eigenvalue weighted by molar-refractivity contribution is 9.10. The second-order valence-corrected chi connectivity index (χ2v) is 26.6. The molecule has 0 nitrogen and oxygen atoms in total. The summed E-state index contributed by atoms with van der Waals surface area (Å²) in [6.45, 7) is 28.8. The molecule has 4 aromatic rings. The molecule has 0 radical (unpaired) electrons. The van der Waals surface area contributed by atoms with Gasteiger partial charge in [-0.3, -0.25) is 0 Å². The van der Waals surface area contributed by atoms with Crippen molar-refractivity contribution in [3.05, 3.63) is 70.2 Å². The Labute approximate surface area is 272 Å². The Morgan fingerprint density at radius 3 is 1.21 bits per heavy atom. The summed E-state index contributed by atoms with van der Waals surface area (Å²) in [7, 11) is -3.86. The van der Waals surface area contributed by atoms with Crippen molar-refractivity contribution in [2.45, 2.75) is 116 Å². The quantitative estimate of drug-likeness (QED) is 0.109. The molecule has 43 heavy (non-hydrogen) atoms. The first-order chi connectivity index (χ1) is 20.2. The standard InChI is InChI=1S/C40H51BrSi2/c1-26(2)42(27(3)4,28(5)6)21-19-37-35-15-13-14-16-36(35)38(20-22-43(29(7)8,30(9)10)31(11)12)40-25-33-23-34(41)18-17-32(33)24-39(37)40/h13-18,23-31H,1-12H3. The summed E-state index contributed by atoms with van der Waals surface area (Å²) in [5.74, 6) is 7.82. The highest BCUT2D eigenvalue weighted by Gasteiger charge is 2.42. The monoisotopic (exact) mass is 666 g/mol. The van der Waals surface area contributed by atoms with Gasteiger partial charge in [0.1, 0.15) is 16.1 Å². The average molecular weight is 668 g/mol. The fourth-order valence-electron chi connectivity index (χ4n) is 8.37. The van der Waals surface area contributed by atoms with Gasteiger partial charge >= 0.3 is 0 Å². The first-order valence-corrected chi connectivity index (χ1v) is 21.6. The van der Waals surface area contributed by atoms with Crippen LogP contribution in [-0.2, 0) is 0 Å². The van der Waals surface area contributed by atoms with E-state index in [0.29, 0.717) is 33.2 Å². The van der Waals surface area contributed by atoms with E-state index in [1.54, 1.807) is 0 Å². The molecule has 0 bridgehead atoms. The Bertz CT molecular complexity index is 1720. The summed E-state index contributed by atoms with van der Waals surface area (Å²) in [6.07, 6.45) is 0. The Morgan fingerprint density at radius 1 is 0.465 bits per heavy atom. The summed E-state index contributed by atoms with van der Waals surface area (Å²) in [4.78, 5) is 0. The van der Waals surface area contributed by atoms with Crippen LogP contribution in [0.25, 0.3) is 32.3 Å². The van der Waals surface area contributed by atoms with Gasteiger partial charge in [0.2, 0.25) is 0 Å². The lowest BCUT2D eigenvalue weighted by Crippen LogP contribution is -2.43. The molecule has 0 heterocycles. The molecule has 0 aliphatic rings. The smallest absolute Gasteiger partial charge is 0.125 e. The van der Waals surface area contributed by atoms with E-state index in [4.69, 9.17) is 0 Å². The number of halogens is 1. The summed E-state index contributed by atoms with van der Waals surface area (Å²) in [6, 6.07) is 20.2. The second kappa shape index (κ2) is 13.0. The molecular formula is C40H51BrSi2. The average Bonchev–Trinajstić information content (AvgIpc) is 2.92. The molecule has 0 saturated heterocycles. The van der Waals surface area contributed by atoms with Gasteiger partial charge in [-0.1, -0.05) is 141 Å². The zero-order valence-corrected chi connectivity index (χ0v) is 32.1. The lowest BCUT2D eigenvalue weighted by molar-refractivity contribution is 0.838. The molecule has 0 fully saturated rings. The van der Waals surface area contributed by atoms with Gasteiger partial charge in [0.15, 0.2) is 0 Å². The zero-order chi connectivity index (χ0) is 31.9. The number of benzene rings is 4. The maximum Gasteiger partial charge on any atom is 0.146 e. The van der Waals surface area contributed by atoms with Gasteiger partial charge in [0.05, 0.1) is 0 Å². The maximum atomic E-state index is 4.06. The molecule has 0 saturated carbocycles. The number of hydrogen-bond donors (Lipinski definition) is 0. The van der Waals surface area contributed by atoms with E-state index >= 15 is 0 Å². The van der Waals surface area contributed by atoms with Crippen LogP contribution in [0.3, 0.4) is 0 Å². The van der Waals surface area contributed by atoms with Crippen molar-refractivity contribution >= 4 is 64.4 Å². The number of rotatable bonds is 6. The minimum Gasteiger partial charge on any atom is -0.125 e. The topological polar surface area (TPSA) is 0 Å². The van der Waals surface area contributed by atoms with Crippen molar-refractivity contribution in [1.29, 1.82) is 0 Å². The van der Waals surface area contributed by atoms with E-state index < -0.39 is 16.1 Å². The normalized spacial score (nSPS) is 12.7. The summed E-state index contributed by atoms with van der Waals surface area (Å²) < 4.78 is 1.10. The number of fused-ring (bicyclic) bond motifs is 3. The van der Waals surface area contributed by atoms with Gasteiger partial charge in [-0.2, -0.15) is 0 Å². The minimum absolute atomic E-state index is 0.584. The Balaban J connectivity index is 2.22. The van der Waals surface area contributed by atoms with E-state index in [1.165, 1.54) is 37.9 Å². The molecule has 0 unspecified atom stereocenters. The zero-order valence-electron chi connectivity index (χ0n) is 28.5. The van der Waals surface area contributed by atoms with Crippen LogP contribution in [0.1, 0.15) is 94.2 Å². The third kappa shape index (κ3) is 5.91. The van der Waals surface area contributed by atoms with Crippen molar-refractivity contribution < 1.29 is 0 Å². The van der Waals surface area contributed by atoms with Crippen molar-refractivity contribution in [2.75, 3.05) is 0 Å².